The average Bonchev–Trinajstić information content (AvgIpc) is 3.15. The molecular weight excluding hydrogens is 762 g/mol. The number of ether oxygens (including phenoxy) is 1. The molecule has 0 radical (unpaired) electrons. The van der Waals surface area contributed by atoms with Crippen LogP contribution in [0.5, 0.6) is 0 Å². The minimum Gasteiger partial charge on any atom is -0.674 e. The van der Waals surface area contributed by atoms with Gasteiger partial charge in [-0.25, -0.2) is 0 Å². The number of benzene rings is 5. The van der Waals surface area contributed by atoms with Crippen molar-refractivity contribution < 1.29 is 26.1 Å². The maximum atomic E-state index is 11.1. The summed E-state index contributed by atoms with van der Waals surface area (Å²) >= 11 is -0.346. The van der Waals surface area contributed by atoms with E-state index in [1.54, 1.807) is 0 Å². The number of methoxy groups -OCH3 is 1. The maximum absolute atomic E-state index is 11.1. The molecule has 0 heterocycles. The molecule has 5 aromatic carbocycles. The Bertz CT molecular complexity index is 1340. The fraction of sp³-hybridized carbons (Fsp3) is 0.205. The van der Waals surface area contributed by atoms with Crippen LogP contribution in [0.3, 0.4) is 0 Å². The van der Waals surface area contributed by atoms with E-state index in [0.29, 0.717) is 13.1 Å². The van der Waals surface area contributed by atoms with Crippen LogP contribution in [-0.2, 0) is 31.1 Å². The number of carbonyl (C=O) groups excluding carboxylic acids is 1. The fourth-order valence-electron chi connectivity index (χ4n) is 4.97. The first-order valence-corrected chi connectivity index (χ1v) is 23.6. The van der Waals surface area contributed by atoms with E-state index in [-0.39, 0.29) is 28.5 Å². The summed E-state index contributed by atoms with van der Waals surface area (Å²) in [6.07, 6.45) is 2.71. The Morgan fingerprint density at radius 1 is 0.625 bits per heavy atom. The molecule has 256 valence electrons. The van der Waals surface area contributed by atoms with E-state index in [1.165, 1.54) is 33.9 Å². The molecule has 1 atom stereocenters. The van der Waals surface area contributed by atoms with Crippen molar-refractivity contribution in [2.75, 3.05) is 32.5 Å². The first-order valence-electron chi connectivity index (χ1n) is 15.7. The van der Waals surface area contributed by atoms with Crippen LogP contribution in [0, 0.1) is 5.92 Å². The largest absolute Gasteiger partial charge is 0.674 e. The van der Waals surface area contributed by atoms with Gasteiger partial charge in [-0.3, -0.25) is 4.79 Å². The Kier molecular flexibility index (Phi) is 23.0. The van der Waals surface area contributed by atoms with Gasteiger partial charge in [0.2, 0.25) is 0 Å². The van der Waals surface area contributed by atoms with E-state index in [2.05, 4.69) is 126 Å². The number of esters is 1. The van der Waals surface area contributed by atoms with Crippen LogP contribution in [0.2, 0.25) is 0 Å². The van der Waals surface area contributed by atoms with Crippen LogP contribution in [-0.4, -0.2) is 38.5 Å². The van der Waals surface area contributed by atoms with Crippen molar-refractivity contribution in [2.24, 2.45) is 5.92 Å². The first kappa shape index (κ1) is 41.7. The molecule has 9 heteroatoms. The summed E-state index contributed by atoms with van der Waals surface area (Å²) < 4.78 is 4.65. The third-order valence-corrected chi connectivity index (χ3v) is 12.8. The summed E-state index contributed by atoms with van der Waals surface area (Å²) in [4.78, 5) is 11.1. The normalized spacial score (nSPS) is 10.8. The number of halogens is 2. The van der Waals surface area contributed by atoms with Crippen LogP contribution >= 0.6 is 35.2 Å². The molecule has 0 aliphatic carbocycles. The third kappa shape index (κ3) is 16.3. The van der Waals surface area contributed by atoms with Crippen LogP contribution in [0.25, 0.3) is 11.5 Å². The Balaban J connectivity index is 0.000000352. The smallest absolute Gasteiger partial charge is 0.0966 e. The molecule has 4 nitrogen and oxygen atoms in total. The summed E-state index contributed by atoms with van der Waals surface area (Å²) in [5, 5.41) is 5.63. The van der Waals surface area contributed by atoms with Crippen molar-refractivity contribution in [1.29, 1.82) is 0 Å². The van der Waals surface area contributed by atoms with Gasteiger partial charge >= 0.3 is 40.5 Å². The quantitative estimate of drug-likeness (QED) is 0.0758. The second kappa shape index (κ2) is 26.4. The van der Waals surface area contributed by atoms with Crippen LogP contribution < -0.4 is 21.2 Å². The van der Waals surface area contributed by atoms with Crippen LogP contribution in [0.4, 0.5) is 0 Å². The third-order valence-electron chi connectivity index (χ3n) is 7.23. The molecule has 0 unspecified atom stereocenters. The molecule has 0 spiro atoms. The zero-order valence-corrected chi connectivity index (χ0v) is 32.7. The summed E-state index contributed by atoms with van der Waals surface area (Å²) in [6, 6.07) is 52.4. The maximum Gasteiger partial charge on any atom is 0.0966 e. The van der Waals surface area contributed by atoms with Gasteiger partial charge in [0, 0.05) is 13.8 Å². The van der Waals surface area contributed by atoms with E-state index < -0.39 is 15.8 Å². The van der Waals surface area contributed by atoms with Gasteiger partial charge in [-0.2, -0.15) is 0 Å². The summed E-state index contributed by atoms with van der Waals surface area (Å²) in [7, 11) is 9.65. The predicted molar refractivity (Wildman–Crippen MR) is 214 cm³/mol. The van der Waals surface area contributed by atoms with E-state index in [4.69, 9.17) is 30.8 Å². The topological polar surface area (TPSA) is 73.9 Å². The number of hydrogen-bond donors (Lipinski definition) is 0. The van der Waals surface area contributed by atoms with Crippen molar-refractivity contribution in [3.63, 3.8) is 0 Å². The van der Waals surface area contributed by atoms with Gasteiger partial charge in [-0.05, 0) is 60.5 Å². The van der Waals surface area contributed by atoms with E-state index in [9.17, 15) is 4.79 Å². The number of hydrogen-bond acceptors (Lipinski definition) is 2. The number of nitrogens with one attached hydrogen (secondary N) is 2. The van der Waals surface area contributed by atoms with Gasteiger partial charge in [-0.15, -0.1) is 13.1 Å². The Morgan fingerprint density at radius 3 is 1.15 bits per heavy atom. The summed E-state index contributed by atoms with van der Waals surface area (Å²) in [6.45, 7) is 2.90. The molecule has 0 bridgehead atoms. The van der Waals surface area contributed by atoms with Gasteiger partial charge in [0.25, 0.3) is 0 Å². The average molecular weight is 811 g/mol. The second-order valence-electron chi connectivity index (χ2n) is 10.6. The van der Waals surface area contributed by atoms with E-state index in [1.807, 2.05) is 37.3 Å². The molecule has 0 saturated heterocycles. The SMILES string of the molecule is COC(=O)[C@@H](C)Cc1ccccc1.[Cl][Ru+2][Cl].[HH].[NH-]CC[PH+](c1ccccc1)c1ccccc1.[NH-]CC[PH+](c1ccccc1)c1ccccc1. The van der Waals surface area contributed by atoms with Gasteiger partial charge in [0.05, 0.1) is 50.1 Å². The molecule has 0 amide bonds. The molecule has 0 aliphatic rings. The molecule has 0 aliphatic heterocycles. The Hall–Kier alpha value is -2.45. The van der Waals surface area contributed by atoms with Crippen molar-refractivity contribution in [1.82, 2.24) is 0 Å². The minimum absolute atomic E-state index is 0. The molecule has 2 N–H and O–H groups in total. The second-order valence-corrected chi connectivity index (χ2v) is 18.4. The van der Waals surface area contributed by atoms with Crippen molar-refractivity contribution in [3.8, 4) is 0 Å². The standard InChI is InChI=1S/2C14H15NP.C11H14O2.2ClH.Ru.H2/c2*15-11-12-16(13-7-3-1-4-8-13)14-9-5-2-6-10-14;1-9(11(12)13-2)8-10-6-4-3-5-7-10;;;;/h2*1-10,15H,11-12H2;3-7,9H,8H2,1-2H3;2*1H;;1H/q2*-1;;;;+4;/t;;9-;;;;/m..0..../s1. The summed E-state index contributed by atoms with van der Waals surface area (Å²) in [5.41, 5.74) is 16.1. The Morgan fingerprint density at radius 2 is 0.896 bits per heavy atom. The summed E-state index contributed by atoms with van der Waals surface area (Å²) in [5.74, 6) is -0.212. The number of carbonyl (C=O) groups is 1. The van der Waals surface area contributed by atoms with Crippen molar-refractivity contribution >= 4 is 62.4 Å². The molecule has 48 heavy (non-hydrogen) atoms. The van der Waals surface area contributed by atoms with Gasteiger partial charge in [-0.1, -0.05) is 110 Å². The predicted octanol–water partition coefficient (Wildman–Crippen LogP) is 9.47. The first-order chi connectivity index (χ1) is 23.5. The molecule has 5 rings (SSSR count). The van der Waals surface area contributed by atoms with E-state index in [0.717, 1.165) is 18.7 Å². The zero-order chi connectivity index (χ0) is 34.8. The fourth-order valence-corrected chi connectivity index (χ4v) is 9.67. The van der Waals surface area contributed by atoms with Crippen molar-refractivity contribution in [2.45, 2.75) is 13.3 Å². The van der Waals surface area contributed by atoms with Gasteiger partial charge in [0.1, 0.15) is 0 Å². The molecular formula is C39H48Cl2N2O2P2Ru+2. The number of rotatable bonds is 11. The molecule has 0 fully saturated rings. The zero-order valence-electron chi connectivity index (χ0n) is 27.5. The van der Waals surface area contributed by atoms with Gasteiger partial charge in [0.15, 0.2) is 0 Å². The van der Waals surface area contributed by atoms with Gasteiger partial charge < -0.3 is 16.2 Å². The molecule has 5 aromatic rings. The van der Waals surface area contributed by atoms with E-state index >= 15 is 0 Å². The van der Waals surface area contributed by atoms with Crippen LogP contribution in [0.1, 0.15) is 13.9 Å². The van der Waals surface area contributed by atoms with Crippen LogP contribution in [0.15, 0.2) is 152 Å². The van der Waals surface area contributed by atoms with Crippen molar-refractivity contribution in [3.05, 3.63) is 169 Å². The Labute approximate surface area is 307 Å². The monoisotopic (exact) mass is 810 g/mol. The molecule has 0 saturated carbocycles. The molecule has 0 aromatic heterocycles. The minimum atomic E-state index is -0.738.